The standard InChI is InChI=1S/C11H9ClN4O/c12-9-5-8(7(6-15-9)11(13)17)16-10-3-1-2-4-14-10/h1-6H,(H2,13,17)(H,14,15,16). The first-order valence-electron chi connectivity index (χ1n) is 4.80. The molecule has 0 radical (unpaired) electrons. The van der Waals surface area contributed by atoms with E-state index < -0.39 is 5.91 Å². The van der Waals surface area contributed by atoms with Crippen LogP contribution in [0.4, 0.5) is 11.5 Å². The van der Waals surface area contributed by atoms with Gasteiger partial charge in [0, 0.05) is 12.4 Å². The van der Waals surface area contributed by atoms with Crippen molar-refractivity contribution in [3.8, 4) is 0 Å². The monoisotopic (exact) mass is 248 g/mol. The molecule has 0 saturated heterocycles. The first-order valence-corrected chi connectivity index (χ1v) is 5.18. The number of carbonyl (C=O) groups is 1. The summed E-state index contributed by atoms with van der Waals surface area (Å²) in [7, 11) is 0. The first kappa shape index (κ1) is 11.3. The van der Waals surface area contributed by atoms with Gasteiger partial charge in [0.1, 0.15) is 11.0 Å². The van der Waals surface area contributed by atoms with Crippen molar-refractivity contribution in [2.75, 3.05) is 5.32 Å². The molecule has 0 fully saturated rings. The number of aromatic nitrogens is 2. The van der Waals surface area contributed by atoms with Gasteiger partial charge in [-0.3, -0.25) is 4.79 Å². The quantitative estimate of drug-likeness (QED) is 0.814. The summed E-state index contributed by atoms with van der Waals surface area (Å²) >= 11 is 5.76. The molecular formula is C11H9ClN4O. The second-order valence-electron chi connectivity index (χ2n) is 3.26. The Labute approximate surface area is 103 Å². The van der Waals surface area contributed by atoms with E-state index in [-0.39, 0.29) is 10.7 Å². The van der Waals surface area contributed by atoms with Crippen LogP contribution in [0.5, 0.6) is 0 Å². The van der Waals surface area contributed by atoms with Gasteiger partial charge >= 0.3 is 0 Å². The summed E-state index contributed by atoms with van der Waals surface area (Å²) in [5.41, 5.74) is 5.98. The summed E-state index contributed by atoms with van der Waals surface area (Å²) in [5.74, 6) is 0.0184. The molecule has 0 aliphatic carbocycles. The number of pyridine rings is 2. The van der Waals surface area contributed by atoms with Crippen molar-refractivity contribution < 1.29 is 4.79 Å². The van der Waals surface area contributed by atoms with Crippen LogP contribution in [0.3, 0.4) is 0 Å². The fourth-order valence-electron chi connectivity index (χ4n) is 1.30. The zero-order chi connectivity index (χ0) is 12.3. The third kappa shape index (κ3) is 2.70. The number of hydrogen-bond acceptors (Lipinski definition) is 4. The van der Waals surface area contributed by atoms with E-state index in [2.05, 4.69) is 15.3 Å². The average molecular weight is 249 g/mol. The molecule has 0 aromatic carbocycles. The fraction of sp³-hybridized carbons (Fsp3) is 0. The van der Waals surface area contributed by atoms with E-state index in [4.69, 9.17) is 17.3 Å². The molecule has 2 aromatic heterocycles. The molecule has 17 heavy (non-hydrogen) atoms. The van der Waals surface area contributed by atoms with Crippen LogP contribution in [-0.4, -0.2) is 15.9 Å². The predicted molar refractivity (Wildman–Crippen MR) is 65.3 cm³/mol. The number of rotatable bonds is 3. The van der Waals surface area contributed by atoms with Crippen molar-refractivity contribution >= 4 is 29.0 Å². The largest absolute Gasteiger partial charge is 0.365 e. The van der Waals surface area contributed by atoms with Gasteiger partial charge < -0.3 is 11.1 Å². The van der Waals surface area contributed by atoms with Crippen LogP contribution in [0.15, 0.2) is 36.7 Å². The lowest BCUT2D eigenvalue weighted by Crippen LogP contribution is -2.14. The molecule has 6 heteroatoms. The Morgan fingerprint density at radius 3 is 2.82 bits per heavy atom. The van der Waals surface area contributed by atoms with Gasteiger partial charge in [0.15, 0.2) is 0 Å². The number of nitrogens with one attached hydrogen (secondary N) is 1. The van der Waals surface area contributed by atoms with Crippen molar-refractivity contribution in [2.45, 2.75) is 0 Å². The number of primary amides is 1. The maximum absolute atomic E-state index is 11.2. The van der Waals surface area contributed by atoms with E-state index in [0.29, 0.717) is 11.5 Å². The first-order chi connectivity index (χ1) is 8.16. The Bertz CT molecular complexity index is 544. The third-order valence-corrected chi connectivity index (χ3v) is 2.27. The molecule has 3 N–H and O–H groups in total. The highest BCUT2D eigenvalue weighted by Crippen LogP contribution is 2.21. The lowest BCUT2D eigenvalue weighted by molar-refractivity contribution is 0.100. The van der Waals surface area contributed by atoms with Crippen LogP contribution < -0.4 is 11.1 Å². The van der Waals surface area contributed by atoms with Gasteiger partial charge in [-0.2, -0.15) is 0 Å². The summed E-state index contributed by atoms with van der Waals surface area (Å²) in [4.78, 5) is 19.1. The number of carbonyl (C=O) groups excluding carboxylic acids is 1. The van der Waals surface area contributed by atoms with E-state index in [1.54, 1.807) is 18.3 Å². The summed E-state index contributed by atoms with van der Waals surface area (Å²) < 4.78 is 0. The van der Waals surface area contributed by atoms with Crippen molar-refractivity contribution in [1.29, 1.82) is 0 Å². The van der Waals surface area contributed by atoms with E-state index in [9.17, 15) is 4.79 Å². The number of amides is 1. The zero-order valence-electron chi connectivity index (χ0n) is 8.72. The maximum Gasteiger partial charge on any atom is 0.252 e. The van der Waals surface area contributed by atoms with Crippen LogP contribution in [0.1, 0.15) is 10.4 Å². The van der Waals surface area contributed by atoms with Crippen molar-refractivity contribution in [1.82, 2.24) is 9.97 Å². The van der Waals surface area contributed by atoms with Gasteiger partial charge in [0.2, 0.25) is 0 Å². The van der Waals surface area contributed by atoms with Gasteiger partial charge in [0.05, 0.1) is 11.3 Å². The van der Waals surface area contributed by atoms with Crippen LogP contribution >= 0.6 is 11.6 Å². The average Bonchev–Trinajstić information content (AvgIpc) is 2.30. The molecule has 0 aliphatic rings. The molecular weight excluding hydrogens is 240 g/mol. The Kier molecular flexibility index (Phi) is 3.20. The summed E-state index contributed by atoms with van der Waals surface area (Å²) in [6, 6.07) is 6.90. The fourth-order valence-corrected chi connectivity index (χ4v) is 1.46. The van der Waals surface area contributed by atoms with E-state index in [1.807, 2.05) is 6.07 Å². The lowest BCUT2D eigenvalue weighted by atomic mass is 10.2. The molecule has 0 atom stereocenters. The van der Waals surface area contributed by atoms with Crippen LogP contribution in [0.25, 0.3) is 0 Å². The zero-order valence-corrected chi connectivity index (χ0v) is 9.48. The molecule has 0 spiro atoms. The van der Waals surface area contributed by atoms with Crippen molar-refractivity contribution in [2.24, 2.45) is 5.73 Å². The molecule has 1 amide bonds. The number of nitrogens with two attached hydrogens (primary N) is 1. The second-order valence-corrected chi connectivity index (χ2v) is 3.64. The van der Waals surface area contributed by atoms with Crippen molar-refractivity contribution in [3.63, 3.8) is 0 Å². The Morgan fingerprint density at radius 2 is 2.18 bits per heavy atom. The van der Waals surface area contributed by atoms with Crippen LogP contribution in [0, 0.1) is 0 Å². The Hall–Kier alpha value is -2.14. The normalized spacial score (nSPS) is 9.94. The Balaban J connectivity index is 2.37. The molecule has 5 nitrogen and oxygen atoms in total. The molecule has 0 saturated carbocycles. The minimum Gasteiger partial charge on any atom is -0.365 e. The van der Waals surface area contributed by atoms with Gasteiger partial charge in [-0.15, -0.1) is 0 Å². The summed E-state index contributed by atoms with van der Waals surface area (Å²) in [6.45, 7) is 0. The van der Waals surface area contributed by atoms with Gasteiger partial charge in [0.25, 0.3) is 5.91 Å². The van der Waals surface area contributed by atoms with Crippen LogP contribution in [-0.2, 0) is 0 Å². The lowest BCUT2D eigenvalue weighted by Gasteiger charge is -2.08. The number of nitrogens with zero attached hydrogens (tertiary/aromatic N) is 2. The highest BCUT2D eigenvalue weighted by atomic mass is 35.5. The third-order valence-electron chi connectivity index (χ3n) is 2.06. The predicted octanol–water partition coefficient (Wildman–Crippen LogP) is 1.97. The molecule has 2 heterocycles. The molecule has 86 valence electrons. The number of anilines is 2. The van der Waals surface area contributed by atoms with Crippen molar-refractivity contribution in [3.05, 3.63) is 47.4 Å². The number of halogens is 1. The van der Waals surface area contributed by atoms with E-state index >= 15 is 0 Å². The van der Waals surface area contributed by atoms with Gasteiger partial charge in [-0.1, -0.05) is 17.7 Å². The maximum atomic E-state index is 11.2. The summed E-state index contributed by atoms with van der Waals surface area (Å²) in [5, 5.41) is 3.23. The smallest absolute Gasteiger partial charge is 0.252 e. The van der Waals surface area contributed by atoms with Gasteiger partial charge in [-0.05, 0) is 18.2 Å². The SMILES string of the molecule is NC(=O)c1cnc(Cl)cc1Nc1ccccn1. The van der Waals surface area contributed by atoms with E-state index in [0.717, 1.165) is 0 Å². The molecule has 0 aliphatic heterocycles. The molecule has 0 bridgehead atoms. The highest BCUT2D eigenvalue weighted by Gasteiger charge is 2.10. The summed E-state index contributed by atoms with van der Waals surface area (Å²) in [6.07, 6.45) is 2.96. The minimum absolute atomic E-state index is 0.264. The second kappa shape index (κ2) is 4.80. The van der Waals surface area contributed by atoms with Gasteiger partial charge in [-0.25, -0.2) is 9.97 Å². The number of hydrogen-bond donors (Lipinski definition) is 2. The minimum atomic E-state index is -0.576. The topological polar surface area (TPSA) is 80.9 Å². The molecule has 2 rings (SSSR count). The Morgan fingerprint density at radius 1 is 1.35 bits per heavy atom. The van der Waals surface area contributed by atoms with Crippen LogP contribution in [0.2, 0.25) is 5.15 Å². The molecule has 0 unspecified atom stereocenters. The molecule has 2 aromatic rings. The highest BCUT2D eigenvalue weighted by molar-refractivity contribution is 6.29. The van der Waals surface area contributed by atoms with E-state index in [1.165, 1.54) is 12.3 Å².